The van der Waals surface area contributed by atoms with Crippen molar-refractivity contribution in [2.75, 3.05) is 13.2 Å². The van der Waals surface area contributed by atoms with Gasteiger partial charge in [-0.05, 0) is 32.6 Å². The Morgan fingerprint density at radius 2 is 1.49 bits per heavy atom. The molecule has 1 fully saturated rings. The number of nitrogens with zero attached hydrogens (tertiary/aromatic N) is 1. The number of carboxylic acid groups (broad SMARTS) is 1. The summed E-state index contributed by atoms with van der Waals surface area (Å²) in [4.78, 5) is 86.4. The van der Waals surface area contributed by atoms with Gasteiger partial charge in [-0.15, -0.1) is 0 Å². The summed E-state index contributed by atoms with van der Waals surface area (Å²) in [5.41, 5.74) is 10.5. The van der Waals surface area contributed by atoms with E-state index >= 15 is 0 Å². The van der Waals surface area contributed by atoms with Gasteiger partial charge in [-0.2, -0.15) is 0 Å². The topological polar surface area (TPSA) is 263 Å². The van der Waals surface area contributed by atoms with Gasteiger partial charge in [0, 0.05) is 6.54 Å². The Morgan fingerprint density at radius 3 is 2.00 bits per heavy atom. The van der Waals surface area contributed by atoms with Crippen LogP contribution in [0.2, 0.25) is 0 Å². The van der Waals surface area contributed by atoms with E-state index in [1.54, 1.807) is 13.8 Å². The van der Waals surface area contributed by atoms with Gasteiger partial charge in [0.2, 0.25) is 35.4 Å². The summed E-state index contributed by atoms with van der Waals surface area (Å²) in [6.45, 7) is 5.31. The Morgan fingerprint density at radius 1 is 0.897 bits per heavy atom. The molecule has 39 heavy (non-hydrogen) atoms. The van der Waals surface area contributed by atoms with Crippen LogP contribution < -0.4 is 32.7 Å². The summed E-state index contributed by atoms with van der Waals surface area (Å²) in [7, 11) is 0. The van der Waals surface area contributed by atoms with Crippen molar-refractivity contribution in [2.24, 2.45) is 17.4 Å². The number of aliphatic carboxylic acids is 1. The molecular weight excluding hydrogens is 518 g/mol. The molecule has 1 aliphatic heterocycles. The molecule has 10 N–H and O–H groups in total. The second kappa shape index (κ2) is 15.0. The second-order valence-electron chi connectivity index (χ2n) is 9.74. The van der Waals surface area contributed by atoms with E-state index in [2.05, 4.69) is 21.3 Å². The van der Waals surface area contributed by atoms with E-state index in [4.69, 9.17) is 11.5 Å². The third kappa shape index (κ3) is 9.79. The number of aliphatic hydroxyl groups is 1. The summed E-state index contributed by atoms with van der Waals surface area (Å²) in [5, 5.41) is 28.3. The monoisotopic (exact) mass is 557 g/mol. The maximum absolute atomic E-state index is 13.0. The van der Waals surface area contributed by atoms with Crippen LogP contribution in [0.15, 0.2) is 0 Å². The van der Waals surface area contributed by atoms with Crippen molar-refractivity contribution < 1.29 is 43.8 Å². The van der Waals surface area contributed by atoms with E-state index in [1.165, 1.54) is 18.7 Å². The lowest BCUT2D eigenvalue weighted by molar-refractivity contribution is -0.145. The Kier molecular flexibility index (Phi) is 12.8. The fraction of sp³-hybridized carbons (Fsp3) is 0.696. The maximum Gasteiger partial charge on any atom is 0.326 e. The molecule has 1 rings (SSSR count). The van der Waals surface area contributed by atoms with Gasteiger partial charge in [0.15, 0.2) is 0 Å². The fourth-order valence-corrected chi connectivity index (χ4v) is 3.88. The molecule has 0 aliphatic carbocycles. The second-order valence-corrected chi connectivity index (χ2v) is 9.74. The SMILES string of the molecule is CC(C)[C@H](NC(=O)[C@@H]1CCCN1C(=O)[C@H](C)NC(=O)[C@H](CO)NC(=O)[C@H](C)NC(=O)[C@@H](N)CC(N)=O)C(=O)O. The predicted molar refractivity (Wildman–Crippen MR) is 135 cm³/mol. The number of primary amides is 1. The summed E-state index contributed by atoms with van der Waals surface area (Å²) < 4.78 is 0. The zero-order valence-corrected chi connectivity index (χ0v) is 22.4. The van der Waals surface area contributed by atoms with Crippen LogP contribution in [0.1, 0.15) is 47.0 Å². The van der Waals surface area contributed by atoms with E-state index in [9.17, 15) is 43.8 Å². The molecule has 1 saturated heterocycles. The van der Waals surface area contributed by atoms with Crippen LogP contribution >= 0.6 is 0 Å². The molecule has 0 unspecified atom stereocenters. The Balaban J connectivity index is 2.76. The van der Waals surface area contributed by atoms with Crippen LogP contribution in [0.4, 0.5) is 0 Å². The molecule has 0 saturated carbocycles. The standard InChI is InChI=1S/C23H39N7O9/c1-10(2)17(23(38)39)29-21(36)15-6-5-7-30(15)22(37)12(4)27-20(35)14(9-31)28-18(33)11(3)26-19(34)13(24)8-16(25)32/h10-15,17,31H,5-9,24H2,1-4H3,(H2,25,32)(H,26,34)(H,27,35)(H,28,33)(H,29,36)(H,38,39)/t11-,12-,13-,14-,15-,17-/m0/s1. The van der Waals surface area contributed by atoms with Crippen LogP contribution in [0, 0.1) is 5.92 Å². The van der Waals surface area contributed by atoms with Crippen LogP contribution in [-0.4, -0.2) is 106 Å². The van der Waals surface area contributed by atoms with Crippen LogP contribution in [0.25, 0.3) is 0 Å². The number of nitrogens with one attached hydrogen (secondary N) is 4. The highest BCUT2D eigenvalue weighted by atomic mass is 16.4. The quantitative estimate of drug-likeness (QED) is 0.102. The lowest BCUT2D eigenvalue weighted by atomic mass is 10.0. The average Bonchev–Trinajstić information content (AvgIpc) is 3.33. The first kappa shape index (κ1) is 33.2. The highest BCUT2D eigenvalue weighted by Gasteiger charge is 2.38. The molecule has 6 atom stereocenters. The minimum Gasteiger partial charge on any atom is -0.480 e. The number of nitrogens with two attached hydrogens (primary N) is 2. The number of rotatable bonds is 14. The molecule has 0 radical (unpaired) electrons. The molecule has 0 aromatic rings. The molecule has 0 aromatic carbocycles. The molecule has 0 aromatic heterocycles. The van der Waals surface area contributed by atoms with Gasteiger partial charge in [-0.3, -0.25) is 28.8 Å². The van der Waals surface area contributed by atoms with Crippen molar-refractivity contribution in [3.05, 3.63) is 0 Å². The first-order chi connectivity index (χ1) is 18.1. The van der Waals surface area contributed by atoms with E-state index in [0.29, 0.717) is 12.8 Å². The van der Waals surface area contributed by atoms with Crippen LogP contribution in [0.3, 0.4) is 0 Å². The van der Waals surface area contributed by atoms with Gasteiger partial charge >= 0.3 is 5.97 Å². The van der Waals surface area contributed by atoms with Crippen LogP contribution in [0.5, 0.6) is 0 Å². The van der Waals surface area contributed by atoms with Gasteiger partial charge in [0.05, 0.1) is 19.1 Å². The molecule has 0 spiro atoms. The van der Waals surface area contributed by atoms with Crippen molar-refractivity contribution >= 4 is 41.4 Å². The number of carbonyl (C=O) groups excluding carboxylic acids is 6. The Bertz CT molecular complexity index is 958. The molecule has 220 valence electrons. The minimum atomic E-state index is -1.48. The normalized spacial score (nSPS) is 18.7. The number of carboxylic acids is 1. The molecule has 1 aliphatic rings. The van der Waals surface area contributed by atoms with Crippen molar-refractivity contribution in [3.63, 3.8) is 0 Å². The smallest absolute Gasteiger partial charge is 0.326 e. The fourth-order valence-electron chi connectivity index (χ4n) is 3.88. The molecular formula is C23H39N7O9. The van der Waals surface area contributed by atoms with Gasteiger partial charge in [0.1, 0.15) is 30.2 Å². The largest absolute Gasteiger partial charge is 0.480 e. The molecule has 0 bridgehead atoms. The molecule has 16 nitrogen and oxygen atoms in total. The first-order valence-electron chi connectivity index (χ1n) is 12.5. The zero-order chi connectivity index (χ0) is 30.0. The molecule has 16 heteroatoms. The lowest BCUT2D eigenvalue weighted by Crippen LogP contribution is -2.59. The highest BCUT2D eigenvalue weighted by molar-refractivity contribution is 5.96. The van der Waals surface area contributed by atoms with E-state index in [-0.39, 0.29) is 12.5 Å². The third-order valence-corrected chi connectivity index (χ3v) is 6.12. The number of hydrogen-bond acceptors (Lipinski definition) is 9. The summed E-state index contributed by atoms with van der Waals surface area (Å²) in [5.74, 6) is -6.20. The summed E-state index contributed by atoms with van der Waals surface area (Å²) in [6.07, 6.45) is 0.363. The number of likely N-dealkylation sites (tertiary alicyclic amines) is 1. The minimum absolute atomic E-state index is 0.214. The van der Waals surface area contributed by atoms with Gasteiger partial charge in [-0.1, -0.05) is 13.8 Å². The van der Waals surface area contributed by atoms with Crippen LogP contribution in [-0.2, 0) is 33.6 Å². The zero-order valence-electron chi connectivity index (χ0n) is 22.4. The van der Waals surface area contributed by atoms with Gasteiger partial charge < -0.3 is 47.8 Å². The van der Waals surface area contributed by atoms with Crippen molar-refractivity contribution in [1.82, 2.24) is 26.2 Å². The van der Waals surface area contributed by atoms with Gasteiger partial charge in [-0.25, -0.2) is 4.79 Å². The van der Waals surface area contributed by atoms with E-state index in [0.717, 1.165) is 0 Å². The third-order valence-electron chi connectivity index (χ3n) is 6.12. The average molecular weight is 558 g/mol. The number of hydrogen-bond donors (Lipinski definition) is 8. The highest BCUT2D eigenvalue weighted by Crippen LogP contribution is 2.19. The lowest BCUT2D eigenvalue weighted by Gasteiger charge is -2.29. The number of aliphatic hydroxyl groups excluding tert-OH is 1. The first-order valence-corrected chi connectivity index (χ1v) is 12.5. The van der Waals surface area contributed by atoms with Gasteiger partial charge in [0.25, 0.3) is 0 Å². The van der Waals surface area contributed by atoms with Crippen molar-refractivity contribution in [3.8, 4) is 0 Å². The Labute approximate surface area is 225 Å². The summed E-state index contributed by atoms with van der Waals surface area (Å²) in [6, 6.07) is -7.16. The molecule has 6 amide bonds. The van der Waals surface area contributed by atoms with E-state index in [1.807, 2.05) is 0 Å². The summed E-state index contributed by atoms with van der Waals surface area (Å²) >= 11 is 0. The number of amides is 6. The maximum atomic E-state index is 13.0. The van der Waals surface area contributed by atoms with Crippen molar-refractivity contribution in [2.45, 2.75) is 83.2 Å². The predicted octanol–water partition coefficient (Wildman–Crippen LogP) is -4.11. The van der Waals surface area contributed by atoms with E-state index < -0.39 is 90.7 Å². The Hall–Kier alpha value is -3.79. The number of carbonyl (C=O) groups is 7. The van der Waals surface area contributed by atoms with Crippen molar-refractivity contribution in [1.29, 1.82) is 0 Å². The molecule has 1 heterocycles.